The van der Waals surface area contributed by atoms with E-state index in [1.54, 1.807) is 0 Å². The van der Waals surface area contributed by atoms with E-state index in [2.05, 4.69) is 44.8 Å². The van der Waals surface area contributed by atoms with Crippen LogP contribution in [0.4, 0.5) is 5.69 Å². The van der Waals surface area contributed by atoms with Gasteiger partial charge < -0.3 is 9.59 Å². The van der Waals surface area contributed by atoms with Crippen molar-refractivity contribution < 1.29 is 9.59 Å². The number of rotatable bonds is 6. The van der Waals surface area contributed by atoms with E-state index < -0.39 is 0 Å². The third-order valence-corrected chi connectivity index (χ3v) is 4.36. The van der Waals surface area contributed by atoms with Crippen LogP contribution in [0.1, 0.15) is 37.5 Å². The first-order valence-corrected chi connectivity index (χ1v) is 7.55. The third kappa shape index (κ3) is 5.25. The molecule has 1 aromatic carbocycles. The normalized spacial score (nSPS) is 12.2. The second-order valence-corrected chi connectivity index (χ2v) is 5.70. The van der Waals surface area contributed by atoms with Crippen LogP contribution >= 0.6 is 24.0 Å². The summed E-state index contributed by atoms with van der Waals surface area (Å²) in [5.74, 6) is -0.00870. The Kier molecular flexibility index (Phi) is 8.48. The van der Waals surface area contributed by atoms with Crippen molar-refractivity contribution in [3.05, 3.63) is 28.8 Å². The summed E-state index contributed by atoms with van der Waals surface area (Å²) in [7, 11) is 0. The largest absolute Gasteiger partial charge is 0.858 e. The van der Waals surface area contributed by atoms with E-state index in [-0.39, 0.29) is 29.9 Å². The zero-order valence-electron chi connectivity index (χ0n) is 14.2. The molecule has 0 heterocycles. The summed E-state index contributed by atoms with van der Waals surface area (Å²) in [6.07, 6.45) is 0. The van der Waals surface area contributed by atoms with Crippen molar-refractivity contribution in [3.63, 3.8) is 0 Å². The molecule has 0 unspecified atom stereocenters. The SMILES string of the molecule is CC[N+](CC)(CC)CC([O-])=Nc1c(C)cc(C)cc1C.I. The van der Waals surface area contributed by atoms with Crippen LogP contribution < -0.4 is 5.11 Å². The number of hydrogen-bond acceptors (Lipinski definition) is 2. The molecule has 120 valence electrons. The smallest absolute Gasteiger partial charge is 0.108 e. The molecule has 0 amide bonds. The van der Waals surface area contributed by atoms with Gasteiger partial charge in [0.05, 0.1) is 25.3 Å². The molecule has 0 aliphatic rings. The number of likely N-dealkylation sites (N-methyl/N-ethyl adjacent to an activating group) is 1. The Morgan fingerprint density at radius 3 is 1.81 bits per heavy atom. The maximum atomic E-state index is 12.3. The lowest BCUT2D eigenvalue weighted by molar-refractivity contribution is -0.916. The molecule has 0 atom stereocenters. The van der Waals surface area contributed by atoms with Crippen molar-refractivity contribution in [1.82, 2.24) is 0 Å². The first-order chi connectivity index (χ1) is 9.37. The van der Waals surface area contributed by atoms with Crippen molar-refractivity contribution in [2.24, 2.45) is 4.99 Å². The predicted molar refractivity (Wildman–Crippen MR) is 99.9 cm³/mol. The number of aryl methyl sites for hydroxylation is 3. The van der Waals surface area contributed by atoms with E-state index in [1.807, 2.05) is 13.8 Å². The lowest BCUT2D eigenvalue weighted by Gasteiger charge is -2.37. The predicted octanol–water partition coefficient (Wildman–Crippen LogP) is 3.50. The van der Waals surface area contributed by atoms with E-state index in [0.717, 1.165) is 40.9 Å². The van der Waals surface area contributed by atoms with Crippen molar-refractivity contribution >= 4 is 35.6 Å². The van der Waals surface area contributed by atoms with Gasteiger partial charge in [0.25, 0.3) is 0 Å². The van der Waals surface area contributed by atoms with Crippen LogP contribution in [0.5, 0.6) is 0 Å². The first kappa shape index (κ1) is 20.4. The zero-order valence-corrected chi connectivity index (χ0v) is 16.5. The summed E-state index contributed by atoms with van der Waals surface area (Å²) in [5.41, 5.74) is 4.23. The topological polar surface area (TPSA) is 35.4 Å². The minimum Gasteiger partial charge on any atom is -0.858 e. The highest BCUT2D eigenvalue weighted by molar-refractivity contribution is 14.0. The first-order valence-electron chi connectivity index (χ1n) is 7.55. The quantitative estimate of drug-likeness (QED) is 0.309. The van der Waals surface area contributed by atoms with E-state index in [0.29, 0.717) is 6.54 Å². The molecule has 4 heteroatoms. The monoisotopic (exact) mass is 404 g/mol. The fraction of sp³-hybridized carbons (Fsp3) is 0.588. The number of quaternary nitrogens is 1. The van der Waals surface area contributed by atoms with E-state index in [9.17, 15) is 5.11 Å². The van der Waals surface area contributed by atoms with Gasteiger partial charge in [-0.25, -0.2) is 0 Å². The van der Waals surface area contributed by atoms with Gasteiger partial charge in [0, 0.05) is 5.90 Å². The molecule has 0 saturated carbocycles. The van der Waals surface area contributed by atoms with E-state index >= 15 is 0 Å². The highest BCUT2D eigenvalue weighted by Gasteiger charge is 2.20. The molecule has 1 rings (SSSR count). The molecule has 0 aliphatic carbocycles. The van der Waals surface area contributed by atoms with Gasteiger partial charge in [0.15, 0.2) is 0 Å². The Hall–Kier alpha value is -0.620. The lowest BCUT2D eigenvalue weighted by atomic mass is 10.1. The zero-order chi connectivity index (χ0) is 15.3. The molecular formula is C17H29IN2O. The number of aliphatic imine (C=N–C) groups is 1. The molecule has 1 aromatic rings. The van der Waals surface area contributed by atoms with Gasteiger partial charge in [-0.3, -0.25) is 4.99 Å². The van der Waals surface area contributed by atoms with Gasteiger partial charge in [-0.15, -0.1) is 24.0 Å². The molecule has 0 bridgehead atoms. The van der Waals surface area contributed by atoms with Crippen LogP contribution in [-0.4, -0.2) is 36.6 Å². The van der Waals surface area contributed by atoms with Crippen LogP contribution in [0.25, 0.3) is 0 Å². The fourth-order valence-corrected chi connectivity index (χ4v) is 2.80. The van der Waals surface area contributed by atoms with Crippen molar-refractivity contribution in [1.29, 1.82) is 0 Å². The molecule has 21 heavy (non-hydrogen) atoms. The Labute approximate surface area is 146 Å². The Morgan fingerprint density at radius 1 is 1.00 bits per heavy atom. The van der Waals surface area contributed by atoms with Gasteiger partial charge in [0.2, 0.25) is 0 Å². The summed E-state index contributed by atoms with van der Waals surface area (Å²) in [4.78, 5) is 4.37. The molecule has 0 spiro atoms. The van der Waals surface area contributed by atoms with Crippen LogP contribution in [0, 0.1) is 20.8 Å². The minimum absolute atomic E-state index is 0. The molecule has 0 fully saturated rings. The lowest BCUT2D eigenvalue weighted by Crippen LogP contribution is -2.53. The van der Waals surface area contributed by atoms with Gasteiger partial charge in [-0.1, -0.05) is 17.7 Å². The maximum absolute atomic E-state index is 12.3. The van der Waals surface area contributed by atoms with Gasteiger partial charge in [0.1, 0.15) is 6.54 Å². The van der Waals surface area contributed by atoms with Crippen LogP contribution in [0.3, 0.4) is 0 Å². The average molecular weight is 404 g/mol. The van der Waals surface area contributed by atoms with Gasteiger partial charge in [-0.2, -0.15) is 0 Å². The Balaban J connectivity index is 0.00000400. The number of nitrogens with zero attached hydrogens (tertiary/aromatic N) is 2. The highest BCUT2D eigenvalue weighted by Crippen LogP contribution is 2.25. The van der Waals surface area contributed by atoms with Gasteiger partial charge in [-0.05, 0) is 52.7 Å². The summed E-state index contributed by atoms with van der Waals surface area (Å²) < 4.78 is 0.812. The highest BCUT2D eigenvalue weighted by atomic mass is 127. The second-order valence-electron chi connectivity index (χ2n) is 5.70. The summed E-state index contributed by atoms with van der Waals surface area (Å²) in [6.45, 7) is 15.9. The summed E-state index contributed by atoms with van der Waals surface area (Å²) in [6, 6.07) is 4.17. The second kappa shape index (κ2) is 8.73. The van der Waals surface area contributed by atoms with Crippen molar-refractivity contribution in [2.45, 2.75) is 41.5 Å². The molecule has 0 aliphatic heterocycles. The van der Waals surface area contributed by atoms with Crippen LogP contribution in [0.15, 0.2) is 17.1 Å². The fourth-order valence-electron chi connectivity index (χ4n) is 2.80. The molecule has 3 nitrogen and oxygen atoms in total. The Bertz CT molecular complexity index is 462. The molecule has 0 N–H and O–H groups in total. The molecular weight excluding hydrogens is 375 g/mol. The molecule has 0 radical (unpaired) electrons. The van der Waals surface area contributed by atoms with Crippen LogP contribution in [0.2, 0.25) is 0 Å². The molecule has 0 aromatic heterocycles. The van der Waals surface area contributed by atoms with E-state index in [4.69, 9.17) is 0 Å². The maximum Gasteiger partial charge on any atom is 0.108 e. The number of benzene rings is 1. The van der Waals surface area contributed by atoms with Crippen molar-refractivity contribution in [2.75, 3.05) is 26.2 Å². The van der Waals surface area contributed by atoms with E-state index in [1.165, 1.54) is 5.56 Å². The number of hydrogen-bond donors (Lipinski definition) is 0. The van der Waals surface area contributed by atoms with Crippen LogP contribution in [-0.2, 0) is 0 Å². The average Bonchev–Trinajstić information content (AvgIpc) is 2.40. The molecule has 0 saturated heterocycles. The van der Waals surface area contributed by atoms with Crippen molar-refractivity contribution in [3.8, 4) is 0 Å². The standard InChI is InChI=1S/C17H28N2O.HI/c1-7-19(8-2,9-3)12-16(20)18-17-14(5)10-13(4)11-15(17)6;/h10-11H,7-9,12H2,1-6H3;1H. The number of halogens is 1. The minimum atomic E-state index is -0.00870. The third-order valence-electron chi connectivity index (χ3n) is 4.36. The van der Waals surface area contributed by atoms with Gasteiger partial charge >= 0.3 is 0 Å². The Morgan fingerprint density at radius 2 is 1.43 bits per heavy atom. The summed E-state index contributed by atoms with van der Waals surface area (Å²) in [5, 5.41) is 12.3. The summed E-state index contributed by atoms with van der Waals surface area (Å²) >= 11 is 0.